The molecule has 2 fully saturated rings. The van der Waals surface area contributed by atoms with Crippen molar-refractivity contribution in [1.29, 1.82) is 0 Å². The third-order valence-electron chi connectivity index (χ3n) is 3.67. The second kappa shape index (κ2) is 5.83. The van der Waals surface area contributed by atoms with Crippen LogP contribution in [0.25, 0.3) is 0 Å². The van der Waals surface area contributed by atoms with E-state index in [0.29, 0.717) is 12.0 Å². The lowest BCUT2D eigenvalue weighted by Crippen LogP contribution is -2.33. The van der Waals surface area contributed by atoms with Crippen LogP contribution < -0.4 is 5.32 Å². The van der Waals surface area contributed by atoms with Crippen molar-refractivity contribution >= 4 is 0 Å². The van der Waals surface area contributed by atoms with E-state index in [1.165, 1.54) is 32.1 Å². The summed E-state index contributed by atoms with van der Waals surface area (Å²) in [5.74, 6) is 0.659. The Kier molecular flexibility index (Phi) is 4.42. The van der Waals surface area contributed by atoms with Gasteiger partial charge < -0.3 is 14.8 Å². The van der Waals surface area contributed by atoms with E-state index in [1.54, 1.807) is 0 Å². The lowest BCUT2D eigenvalue weighted by atomic mass is 9.93. The topological polar surface area (TPSA) is 30.5 Å². The number of nitrogens with one attached hydrogen (secondary N) is 1. The average molecular weight is 213 g/mol. The molecule has 1 aliphatic heterocycles. The molecule has 1 aliphatic carbocycles. The minimum atomic E-state index is 0.509. The van der Waals surface area contributed by atoms with Gasteiger partial charge in [0.15, 0.2) is 0 Å². The monoisotopic (exact) mass is 213 g/mol. The minimum absolute atomic E-state index is 0.509. The molecule has 1 N–H and O–H groups in total. The van der Waals surface area contributed by atoms with Gasteiger partial charge in [0.2, 0.25) is 0 Å². The Balaban J connectivity index is 1.59. The molecule has 1 unspecified atom stereocenters. The van der Waals surface area contributed by atoms with Crippen LogP contribution in [0.3, 0.4) is 0 Å². The maximum Gasteiger partial charge on any atom is 0.0576 e. The van der Waals surface area contributed by atoms with Crippen LogP contribution in [-0.4, -0.2) is 39.0 Å². The number of hydrogen-bond donors (Lipinski definition) is 1. The summed E-state index contributed by atoms with van der Waals surface area (Å²) in [4.78, 5) is 0. The van der Waals surface area contributed by atoms with Crippen molar-refractivity contribution in [1.82, 2.24) is 5.32 Å². The minimum Gasteiger partial charge on any atom is -0.381 e. The fourth-order valence-electron chi connectivity index (χ4n) is 2.51. The van der Waals surface area contributed by atoms with Gasteiger partial charge in [-0.15, -0.1) is 0 Å². The van der Waals surface area contributed by atoms with Crippen molar-refractivity contribution in [3.63, 3.8) is 0 Å². The second-order valence-corrected chi connectivity index (χ2v) is 4.83. The molecule has 0 aromatic rings. The molecule has 3 nitrogen and oxygen atoms in total. The first-order valence-electron chi connectivity index (χ1n) is 6.25. The maximum atomic E-state index is 5.95. The summed E-state index contributed by atoms with van der Waals surface area (Å²) in [7, 11) is 2.06. The zero-order valence-corrected chi connectivity index (χ0v) is 9.71. The highest BCUT2D eigenvalue weighted by Gasteiger charge is 2.22. The third kappa shape index (κ3) is 3.44. The van der Waals surface area contributed by atoms with Crippen LogP contribution in [0.5, 0.6) is 0 Å². The van der Waals surface area contributed by atoms with Crippen LogP contribution in [0.1, 0.15) is 32.1 Å². The van der Waals surface area contributed by atoms with Crippen LogP contribution in [-0.2, 0) is 9.47 Å². The summed E-state index contributed by atoms with van der Waals surface area (Å²) in [5, 5.41) is 3.35. The number of hydrogen-bond acceptors (Lipinski definition) is 3. The van der Waals surface area contributed by atoms with E-state index >= 15 is 0 Å². The highest BCUT2D eigenvalue weighted by molar-refractivity contribution is 4.76. The van der Waals surface area contributed by atoms with Crippen LogP contribution in [0.15, 0.2) is 0 Å². The van der Waals surface area contributed by atoms with Crippen molar-refractivity contribution in [2.24, 2.45) is 5.92 Å². The van der Waals surface area contributed by atoms with E-state index in [0.717, 1.165) is 25.9 Å². The summed E-state index contributed by atoms with van der Waals surface area (Å²) in [6.45, 7) is 2.75. The van der Waals surface area contributed by atoms with Crippen LogP contribution >= 0.6 is 0 Å². The highest BCUT2D eigenvalue weighted by atomic mass is 16.5. The molecule has 1 saturated carbocycles. The first kappa shape index (κ1) is 11.4. The predicted octanol–water partition coefficient (Wildman–Crippen LogP) is 1.57. The molecule has 0 radical (unpaired) electrons. The molecular weight excluding hydrogens is 190 g/mol. The van der Waals surface area contributed by atoms with Crippen LogP contribution in [0.2, 0.25) is 0 Å². The maximum absolute atomic E-state index is 5.95. The molecule has 0 aromatic carbocycles. The van der Waals surface area contributed by atoms with Gasteiger partial charge in [-0.05, 0) is 39.2 Å². The fraction of sp³-hybridized carbons (Fsp3) is 1.00. The van der Waals surface area contributed by atoms with Gasteiger partial charge >= 0.3 is 0 Å². The normalized spacial score (nSPS) is 37.0. The van der Waals surface area contributed by atoms with Crippen molar-refractivity contribution in [3.05, 3.63) is 0 Å². The quantitative estimate of drug-likeness (QED) is 0.769. The van der Waals surface area contributed by atoms with E-state index in [9.17, 15) is 0 Å². The van der Waals surface area contributed by atoms with E-state index < -0.39 is 0 Å². The van der Waals surface area contributed by atoms with Crippen molar-refractivity contribution in [2.45, 2.75) is 44.2 Å². The summed E-state index contributed by atoms with van der Waals surface area (Å²) < 4.78 is 11.3. The second-order valence-electron chi connectivity index (χ2n) is 4.83. The Labute approximate surface area is 92.5 Å². The molecule has 1 atom stereocenters. The smallest absolute Gasteiger partial charge is 0.0576 e. The van der Waals surface area contributed by atoms with Crippen molar-refractivity contribution in [2.75, 3.05) is 26.9 Å². The average Bonchev–Trinajstić information content (AvgIpc) is 2.80. The standard InChI is InChI=1S/C12H23NO2/c1-13-11-2-4-12(5-3-11)15-9-10-6-7-14-8-10/h10-13H,2-9H2,1H3. The summed E-state index contributed by atoms with van der Waals surface area (Å²) in [6.07, 6.45) is 6.67. The first-order valence-corrected chi connectivity index (χ1v) is 6.25. The molecular formula is C12H23NO2. The summed E-state index contributed by atoms with van der Waals surface area (Å²) in [5.41, 5.74) is 0. The molecule has 88 valence electrons. The third-order valence-corrected chi connectivity index (χ3v) is 3.67. The molecule has 2 aliphatic rings. The molecule has 15 heavy (non-hydrogen) atoms. The van der Waals surface area contributed by atoms with Gasteiger partial charge in [0.1, 0.15) is 0 Å². The van der Waals surface area contributed by atoms with Gasteiger partial charge in [0, 0.05) is 18.6 Å². The number of ether oxygens (including phenoxy) is 2. The summed E-state index contributed by atoms with van der Waals surface area (Å²) in [6, 6.07) is 0.722. The molecule has 1 saturated heterocycles. The van der Waals surface area contributed by atoms with E-state index in [1.807, 2.05) is 0 Å². The van der Waals surface area contributed by atoms with Gasteiger partial charge in [0.25, 0.3) is 0 Å². The molecule has 0 spiro atoms. The molecule has 0 bridgehead atoms. The Hall–Kier alpha value is -0.120. The zero-order chi connectivity index (χ0) is 10.5. The lowest BCUT2D eigenvalue weighted by Gasteiger charge is -2.28. The Morgan fingerprint density at radius 1 is 1.20 bits per heavy atom. The predicted molar refractivity (Wildman–Crippen MR) is 60.0 cm³/mol. The largest absolute Gasteiger partial charge is 0.381 e. The van der Waals surface area contributed by atoms with Crippen LogP contribution in [0, 0.1) is 5.92 Å². The van der Waals surface area contributed by atoms with E-state index in [2.05, 4.69) is 12.4 Å². The van der Waals surface area contributed by atoms with Crippen molar-refractivity contribution in [3.8, 4) is 0 Å². The molecule has 1 heterocycles. The Morgan fingerprint density at radius 2 is 2.00 bits per heavy atom. The Morgan fingerprint density at radius 3 is 2.60 bits per heavy atom. The summed E-state index contributed by atoms with van der Waals surface area (Å²) >= 11 is 0. The number of rotatable bonds is 4. The first-order chi connectivity index (χ1) is 7.38. The molecule has 0 amide bonds. The SMILES string of the molecule is CNC1CCC(OCC2CCOC2)CC1. The Bertz CT molecular complexity index is 172. The highest BCUT2D eigenvalue weighted by Crippen LogP contribution is 2.22. The molecule has 3 heteroatoms. The molecule has 2 rings (SSSR count). The lowest BCUT2D eigenvalue weighted by molar-refractivity contribution is 0.00181. The zero-order valence-electron chi connectivity index (χ0n) is 9.71. The van der Waals surface area contributed by atoms with Gasteiger partial charge in [0.05, 0.1) is 19.3 Å². The van der Waals surface area contributed by atoms with Gasteiger partial charge in [-0.1, -0.05) is 0 Å². The van der Waals surface area contributed by atoms with Gasteiger partial charge in [-0.25, -0.2) is 0 Å². The van der Waals surface area contributed by atoms with E-state index in [-0.39, 0.29) is 0 Å². The fourth-order valence-corrected chi connectivity index (χ4v) is 2.51. The van der Waals surface area contributed by atoms with Crippen LogP contribution in [0.4, 0.5) is 0 Å². The van der Waals surface area contributed by atoms with Crippen molar-refractivity contribution < 1.29 is 9.47 Å². The molecule has 0 aromatic heterocycles. The van der Waals surface area contributed by atoms with Gasteiger partial charge in [-0.2, -0.15) is 0 Å². The van der Waals surface area contributed by atoms with Gasteiger partial charge in [-0.3, -0.25) is 0 Å². The van der Waals surface area contributed by atoms with E-state index in [4.69, 9.17) is 9.47 Å².